The van der Waals surface area contributed by atoms with Crippen molar-refractivity contribution in [1.82, 2.24) is 0 Å². The van der Waals surface area contributed by atoms with Gasteiger partial charge in [-0.05, 0) is 141 Å². The molecule has 716 valence electrons. The summed E-state index contributed by atoms with van der Waals surface area (Å²) < 4.78 is 33.6. The number of allylic oxidation sites excluding steroid dienone is 8. The monoisotopic (exact) mass is 1720 g/mol. The minimum absolute atomic E-state index is 0.0733. The van der Waals surface area contributed by atoms with E-state index in [1.54, 1.807) is 0 Å². The van der Waals surface area contributed by atoms with E-state index in [4.69, 9.17) is 28.4 Å². The number of rotatable bonds is 98. The highest BCUT2D eigenvalue weighted by Crippen LogP contribution is 2.21. The number of carbonyl (C=O) groups excluding carboxylic acids is 6. The zero-order valence-electron chi connectivity index (χ0n) is 81.9. The zero-order valence-corrected chi connectivity index (χ0v) is 81.9. The summed E-state index contributed by atoms with van der Waals surface area (Å²) in [5.74, 6) is -1.75. The fourth-order valence-corrected chi connectivity index (χ4v) is 15.7. The quantitative estimate of drug-likeness (QED) is 0.0246. The van der Waals surface area contributed by atoms with Crippen LogP contribution in [0.1, 0.15) is 581 Å². The molecule has 0 aliphatic carbocycles. The van der Waals surface area contributed by atoms with Crippen LogP contribution in [0.2, 0.25) is 0 Å². The average Bonchev–Trinajstić information content (AvgIpc) is 0.945. The summed E-state index contributed by atoms with van der Waals surface area (Å²) in [6.45, 7) is 13.3. The maximum Gasteiger partial charge on any atom is 0.306 e. The summed E-state index contributed by atoms with van der Waals surface area (Å²) >= 11 is 0. The van der Waals surface area contributed by atoms with Crippen molar-refractivity contribution in [2.75, 3.05) is 26.4 Å². The molecule has 0 fully saturated rings. The Balaban J connectivity index is 0. The second-order valence-electron chi connectivity index (χ2n) is 36.3. The van der Waals surface area contributed by atoms with Crippen LogP contribution >= 0.6 is 0 Å². The molecule has 0 aromatic rings. The van der Waals surface area contributed by atoms with Gasteiger partial charge in [0.25, 0.3) is 0 Å². The highest BCUT2D eigenvalue weighted by atomic mass is 16.6. The lowest BCUT2D eigenvalue weighted by Crippen LogP contribution is -2.30. The molecule has 0 heterocycles. The van der Waals surface area contributed by atoms with Crippen molar-refractivity contribution in [3.05, 3.63) is 48.6 Å². The van der Waals surface area contributed by atoms with Crippen molar-refractivity contribution in [2.24, 2.45) is 0 Å². The maximum atomic E-state index is 12.8. The molecule has 0 radical (unpaired) electrons. The van der Waals surface area contributed by atoms with Crippen LogP contribution in [0, 0.1) is 0 Å². The summed E-state index contributed by atoms with van der Waals surface area (Å²) in [5, 5.41) is 0. The first-order chi connectivity index (χ1) is 60.1. The van der Waals surface area contributed by atoms with Crippen LogP contribution in [-0.2, 0) is 57.2 Å². The first-order valence-electron chi connectivity index (χ1n) is 53.7. The van der Waals surface area contributed by atoms with Gasteiger partial charge in [0.15, 0.2) is 12.2 Å². The van der Waals surface area contributed by atoms with Gasteiger partial charge in [-0.25, -0.2) is 0 Å². The number of esters is 6. The van der Waals surface area contributed by atoms with Crippen molar-refractivity contribution < 1.29 is 57.2 Å². The number of carbonyl (C=O) groups is 6. The molecule has 0 aliphatic heterocycles. The fraction of sp³-hybridized carbons (Fsp3) is 0.873. The first-order valence-corrected chi connectivity index (χ1v) is 53.7. The molecule has 12 nitrogen and oxygen atoms in total. The minimum atomic E-state index is -0.774. The van der Waals surface area contributed by atoms with Crippen molar-refractivity contribution in [1.29, 1.82) is 0 Å². The Morgan fingerprint density at radius 3 is 0.410 bits per heavy atom. The van der Waals surface area contributed by atoms with E-state index in [0.717, 1.165) is 141 Å². The largest absolute Gasteiger partial charge is 0.462 e. The molecule has 0 aromatic heterocycles. The van der Waals surface area contributed by atoms with E-state index in [2.05, 4.69) is 90.2 Å². The molecule has 2 unspecified atom stereocenters. The Bertz CT molecular complexity index is 2130. The SMILES string of the molecule is CCCCCCCCC=CCCCCCCCC(=O)OCC(COC(=O)CCCCCCCCCCCCCCC)OC(=O)CCCCCCCC=CCCCCCCCC.CCCCCCCCC=CCCCCCCCC(=O)OCC(COC(=O)CCCCCCCCCCCCCCC)OC(=O)CCCCCCCC=CCCCCCCCC. The van der Waals surface area contributed by atoms with Crippen molar-refractivity contribution in [3.8, 4) is 0 Å². The van der Waals surface area contributed by atoms with Crippen LogP contribution in [0.5, 0.6) is 0 Å². The summed E-state index contributed by atoms with van der Waals surface area (Å²) in [7, 11) is 0. The van der Waals surface area contributed by atoms with Crippen molar-refractivity contribution in [2.45, 2.75) is 593 Å². The summed E-state index contributed by atoms with van der Waals surface area (Å²) in [6.07, 6.45) is 115. The Morgan fingerprint density at radius 2 is 0.270 bits per heavy atom. The Hall–Kier alpha value is -4.22. The van der Waals surface area contributed by atoms with Crippen LogP contribution in [0.15, 0.2) is 48.6 Å². The molecule has 0 saturated heterocycles. The van der Waals surface area contributed by atoms with Gasteiger partial charge in [0.2, 0.25) is 0 Å². The lowest BCUT2D eigenvalue weighted by Gasteiger charge is -2.18. The van der Waals surface area contributed by atoms with Gasteiger partial charge in [-0.2, -0.15) is 0 Å². The summed E-state index contributed by atoms with van der Waals surface area (Å²) in [4.78, 5) is 76.0. The van der Waals surface area contributed by atoms with E-state index < -0.39 is 12.2 Å². The highest BCUT2D eigenvalue weighted by molar-refractivity contribution is 5.72. The number of hydrogen-bond donors (Lipinski definition) is 0. The molecule has 0 N–H and O–H groups in total. The maximum absolute atomic E-state index is 12.8. The fourth-order valence-electron chi connectivity index (χ4n) is 15.7. The molecule has 2 atom stereocenters. The van der Waals surface area contributed by atoms with Crippen LogP contribution in [0.25, 0.3) is 0 Å². The average molecular weight is 1720 g/mol. The third-order valence-electron chi connectivity index (χ3n) is 23.9. The predicted octanol–water partition coefficient (Wildman–Crippen LogP) is 35.1. The Morgan fingerprint density at radius 1 is 0.156 bits per heavy atom. The van der Waals surface area contributed by atoms with Gasteiger partial charge < -0.3 is 28.4 Å². The molecule has 12 heteroatoms. The normalized spacial score (nSPS) is 12.1. The van der Waals surface area contributed by atoms with Crippen LogP contribution in [0.4, 0.5) is 0 Å². The minimum Gasteiger partial charge on any atom is -0.462 e. The van der Waals surface area contributed by atoms with Gasteiger partial charge in [-0.1, -0.05) is 450 Å². The first kappa shape index (κ1) is 120. The lowest BCUT2D eigenvalue weighted by molar-refractivity contribution is -0.167. The zero-order chi connectivity index (χ0) is 88.7. The van der Waals surface area contributed by atoms with Gasteiger partial charge in [0, 0.05) is 38.5 Å². The van der Waals surface area contributed by atoms with Crippen molar-refractivity contribution >= 4 is 35.8 Å². The van der Waals surface area contributed by atoms with E-state index in [1.807, 2.05) is 0 Å². The second-order valence-corrected chi connectivity index (χ2v) is 36.3. The molecule has 0 amide bonds. The number of hydrogen-bond acceptors (Lipinski definition) is 12. The molecule has 0 rings (SSSR count). The number of ether oxygens (including phenoxy) is 6. The van der Waals surface area contributed by atoms with Gasteiger partial charge in [0.05, 0.1) is 0 Å². The molecular formula is C110H204O12. The van der Waals surface area contributed by atoms with Gasteiger partial charge in [0.1, 0.15) is 26.4 Å². The highest BCUT2D eigenvalue weighted by Gasteiger charge is 2.22. The van der Waals surface area contributed by atoms with E-state index in [9.17, 15) is 28.8 Å². The topological polar surface area (TPSA) is 158 Å². The van der Waals surface area contributed by atoms with E-state index in [-0.39, 0.29) is 62.2 Å². The molecule has 122 heavy (non-hydrogen) atoms. The Labute approximate surface area is 756 Å². The molecular weight excluding hydrogens is 1510 g/mol. The van der Waals surface area contributed by atoms with Gasteiger partial charge in [-0.15, -0.1) is 0 Å². The van der Waals surface area contributed by atoms with E-state index in [1.165, 1.54) is 360 Å². The number of unbranched alkanes of at least 4 members (excludes halogenated alkanes) is 68. The summed E-state index contributed by atoms with van der Waals surface area (Å²) in [6, 6.07) is 0. The van der Waals surface area contributed by atoms with Crippen molar-refractivity contribution in [3.63, 3.8) is 0 Å². The lowest BCUT2D eigenvalue weighted by atomic mass is 10.0. The smallest absolute Gasteiger partial charge is 0.306 e. The molecule has 0 aromatic carbocycles. The van der Waals surface area contributed by atoms with Gasteiger partial charge >= 0.3 is 35.8 Å². The predicted molar refractivity (Wildman–Crippen MR) is 522 cm³/mol. The van der Waals surface area contributed by atoms with Crippen LogP contribution in [-0.4, -0.2) is 74.5 Å². The van der Waals surface area contributed by atoms with Crippen LogP contribution in [0.3, 0.4) is 0 Å². The molecule has 0 aliphatic rings. The Kier molecular flexibility index (Phi) is 104. The summed E-state index contributed by atoms with van der Waals surface area (Å²) in [5.41, 5.74) is 0. The van der Waals surface area contributed by atoms with Crippen LogP contribution < -0.4 is 0 Å². The second kappa shape index (κ2) is 106. The van der Waals surface area contributed by atoms with Gasteiger partial charge in [-0.3, -0.25) is 28.8 Å². The molecule has 0 bridgehead atoms. The van der Waals surface area contributed by atoms with E-state index >= 15 is 0 Å². The third-order valence-corrected chi connectivity index (χ3v) is 23.9. The molecule has 0 saturated carbocycles. The third kappa shape index (κ3) is 103. The van der Waals surface area contributed by atoms with E-state index in [0.29, 0.717) is 38.5 Å². The molecule has 0 spiro atoms. The standard InChI is InChI=1S/2C55H102O6/c2*1-4-7-10-13-16-19-22-25-27-30-33-36-39-42-45-48-54(57)60-51-52(50-59-53(56)47-44-41-38-35-32-29-24-21-18-15-12-9-6-3)61-55(58)49-46-43-40-37-34-31-28-26-23-20-17-14-11-8-5-2/h2*25-28,52H,4-24,29-51H2,1-3H3.